The summed E-state index contributed by atoms with van der Waals surface area (Å²) in [6.45, 7) is 6.14. The molecule has 0 bridgehead atoms. The molecule has 5 rings (SSSR count). The molecule has 8 atom stereocenters. The van der Waals surface area contributed by atoms with Crippen molar-refractivity contribution in [3.63, 3.8) is 0 Å². The largest absolute Gasteiger partial charge is 0.393 e. The lowest BCUT2D eigenvalue weighted by Gasteiger charge is -2.57. The normalized spacial score (nSPS) is 52.4. The van der Waals surface area contributed by atoms with E-state index in [0.717, 1.165) is 55.6 Å². The van der Waals surface area contributed by atoms with Gasteiger partial charge in [0.1, 0.15) is 0 Å². The van der Waals surface area contributed by atoms with E-state index in [1.165, 1.54) is 44.9 Å². The van der Waals surface area contributed by atoms with Gasteiger partial charge in [0.2, 0.25) is 0 Å². The van der Waals surface area contributed by atoms with E-state index in [1.54, 1.807) is 0 Å². The van der Waals surface area contributed by atoms with Crippen molar-refractivity contribution in [2.75, 3.05) is 13.2 Å². The van der Waals surface area contributed by atoms with Crippen molar-refractivity contribution in [3.8, 4) is 0 Å². The molecule has 1 aliphatic heterocycles. The Morgan fingerprint density at radius 2 is 1.64 bits per heavy atom. The molecule has 0 amide bonds. The van der Waals surface area contributed by atoms with Crippen molar-refractivity contribution in [2.45, 2.75) is 83.5 Å². The first-order valence-electron chi connectivity index (χ1n) is 11.0. The minimum absolute atomic E-state index is 0.130. The van der Waals surface area contributed by atoms with Crippen molar-refractivity contribution < 1.29 is 14.6 Å². The van der Waals surface area contributed by atoms with Crippen molar-refractivity contribution >= 4 is 0 Å². The van der Waals surface area contributed by atoms with E-state index in [2.05, 4.69) is 6.92 Å². The summed E-state index contributed by atoms with van der Waals surface area (Å²) < 4.78 is 12.1. The fourth-order valence-electron chi connectivity index (χ4n) is 8.42. The van der Waals surface area contributed by atoms with E-state index in [0.29, 0.717) is 11.3 Å². The van der Waals surface area contributed by atoms with Crippen LogP contribution in [0.2, 0.25) is 0 Å². The van der Waals surface area contributed by atoms with Gasteiger partial charge in [-0.1, -0.05) is 6.92 Å². The van der Waals surface area contributed by atoms with Gasteiger partial charge in [-0.25, -0.2) is 0 Å². The Bertz CT molecular complexity index is 511. The highest BCUT2D eigenvalue weighted by Gasteiger charge is 2.59. The number of hydrogen-bond acceptors (Lipinski definition) is 3. The molecule has 6 unspecified atom stereocenters. The average Bonchev–Trinajstić information content (AvgIpc) is 3.18. The lowest BCUT2D eigenvalue weighted by atomic mass is 9.49. The van der Waals surface area contributed by atoms with Gasteiger partial charge < -0.3 is 14.6 Å². The van der Waals surface area contributed by atoms with Crippen LogP contribution in [0.25, 0.3) is 0 Å². The van der Waals surface area contributed by atoms with Gasteiger partial charge in [0.05, 0.1) is 19.3 Å². The summed E-state index contributed by atoms with van der Waals surface area (Å²) in [7, 11) is 0. The van der Waals surface area contributed by atoms with Crippen LogP contribution in [0.3, 0.4) is 0 Å². The topological polar surface area (TPSA) is 38.7 Å². The molecule has 25 heavy (non-hydrogen) atoms. The van der Waals surface area contributed by atoms with E-state index < -0.39 is 0 Å². The summed E-state index contributed by atoms with van der Waals surface area (Å²) in [5, 5.41) is 10.3. The zero-order valence-electron chi connectivity index (χ0n) is 16.1. The molecule has 3 heteroatoms. The van der Waals surface area contributed by atoms with Crippen LogP contribution >= 0.6 is 0 Å². The fourth-order valence-corrected chi connectivity index (χ4v) is 8.42. The summed E-state index contributed by atoms with van der Waals surface area (Å²) in [6, 6.07) is 0. The van der Waals surface area contributed by atoms with E-state index in [-0.39, 0.29) is 11.9 Å². The maximum absolute atomic E-state index is 10.3. The van der Waals surface area contributed by atoms with Gasteiger partial charge in [0, 0.05) is 12.8 Å². The molecule has 0 aromatic rings. The minimum atomic E-state index is -0.206. The van der Waals surface area contributed by atoms with Crippen LogP contribution in [-0.4, -0.2) is 30.2 Å². The minimum Gasteiger partial charge on any atom is -0.393 e. The summed E-state index contributed by atoms with van der Waals surface area (Å²) in [5.41, 5.74) is 0.399. The Morgan fingerprint density at radius 3 is 2.40 bits per heavy atom. The zero-order chi connectivity index (χ0) is 17.2. The third kappa shape index (κ3) is 2.48. The Labute approximate surface area is 152 Å². The monoisotopic (exact) mass is 348 g/mol. The van der Waals surface area contributed by atoms with Crippen LogP contribution in [0.4, 0.5) is 0 Å². The summed E-state index contributed by atoms with van der Waals surface area (Å²) >= 11 is 0. The highest BCUT2D eigenvalue weighted by Crippen LogP contribution is 2.65. The van der Waals surface area contributed by atoms with E-state index in [9.17, 15) is 5.11 Å². The maximum atomic E-state index is 10.3. The van der Waals surface area contributed by atoms with E-state index in [4.69, 9.17) is 9.47 Å². The third-order valence-corrected chi connectivity index (χ3v) is 9.42. The van der Waals surface area contributed by atoms with Crippen molar-refractivity contribution in [1.29, 1.82) is 0 Å². The summed E-state index contributed by atoms with van der Waals surface area (Å²) in [6.07, 6.45) is 11.6. The van der Waals surface area contributed by atoms with Gasteiger partial charge in [-0.15, -0.1) is 0 Å². The molecule has 0 aromatic heterocycles. The molecule has 1 N–H and O–H groups in total. The number of rotatable bonds is 1. The Morgan fingerprint density at radius 1 is 0.880 bits per heavy atom. The fraction of sp³-hybridized carbons (Fsp3) is 1.00. The molecule has 0 aromatic carbocycles. The molecular weight excluding hydrogens is 312 g/mol. The van der Waals surface area contributed by atoms with Gasteiger partial charge in [-0.05, 0) is 92.8 Å². The van der Waals surface area contributed by atoms with Gasteiger partial charge in [-0.3, -0.25) is 0 Å². The standard InChI is InChI=1S/C22H36O3/c1-14(23)19-5-6-20-18-4-3-15-13-22(24-11-12-25-22)10-8-16(15)17(18)7-9-21(19,20)2/h14-20,23H,3-13H2,1-2H3/t14?,15?,16-,17?,18+,19?,20?,21?/m0/s1. The van der Waals surface area contributed by atoms with Crippen molar-refractivity contribution in [2.24, 2.45) is 40.9 Å². The number of hydrogen-bond donors (Lipinski definition) is 1. The SMILES string of the molecule is CC(O)C1CCC2[C@@H]3CCC4CC5(CC[C@@H]4C3CCC12C)OCCO5. The average molecular weight is 349 g/mol. The predicted octanol–water partition coefficient (Wildman–Crippen LogP) is 4.38. The number of aliphatic hydroxyl groups excluding tert-OH is 1. The predicted molar refractivity (Wildman–Crippen MR) is 96.9 cm³/mol. The lowest BCUT2D eigenvalue weighted by Crippen LogP contribution is -2.51. The number of fused-ring (bicyclic) bond motifs is 5. The molecule has 1 spiro atoms. The molecule has 4 aliphatic carbocycles. The molecule has 142 valence electrons. The molecule has 3 nitrogen and oxygen atoms in total. The van der Waals surface area contributed by atoms with Crippen LogP contribution < -0.4 is 0 Å². The van der Waals surface area contributed by atoms with Crippen molar-refractivity contribution in [1.82, 2.24) is 0 Å². The van der Waals surface area contributed by atoms with Crippen LogP contribution in [0, 0.1) is 40.9 Å². The van der Waals surface area contributed by atoms with Crippen LogP contribution in [0.1, 0.15) is 71.6 Å². The second kappa shape index (κ2) is 5.94. The van der Waals surface area contributed by atoms with E-state index >= 15 is 0 Å². The molecule has 1 heterocycles. The smallest absolute Gasteiger partial charge is 0.168 e. The first-order valence-corrected chi connectivity index (χ1v) is 11.0. The Balaban J connectivity index is 1.34. The second-order valence-corrected chi connectivity index (χ2v) is 10.3. The molecule has 4 saturated carbocycles. The molecule has 5 aliphatic rings. The van der Waals surface area contributed by atoms with Gasteiger partial charge in [0.25, 0.3) is 0 Å². The highest BCUT2D eigenvalue weighted by atomic mass is 16.7. The third-order valence-electron chi connectivity index (χ3n) is 9.42. The van der Waals surface area contributed by atoms with Crippen molar-refractivity contribution in [3.05, 3.63) is 0 Å². The first-order chi connectivity index (χ1) is 12.0. The molecule has 0 radical (unpaired) electrons. The first kappa shape index (κ1) is 17.0. The highest BCUT2D eigenvalue weighted by molar-refractivity contribution is 5.07. The van der Waals surface area contributed by atoms with E-state index in [1.807, 2.05) is 6.92 Å². The maximum Gasteiger partial charge on any atom is 0.168 e. The Kier molecular flexibility index (Phi) is 4.04. The Hall–Kier alpha value is -0.120. The van der Waals surface area contributed by atoms with Gasteiger partial charge in [-0.2, -0.15) is 0 Å². The van der Waals surface area contributed by atoms with Crippen LogP contribution in [0.5, 0.6) is 0 Å². The van der Waals surface area contributed by atoms with Gasteiger partial charge in [0.15, 0.2) is 5.79 Å². The van der Waals surface area contributed by atoms with Crippen LogP contribution in [0.15, 0.2) is 0 Å². The van der Waals surface area contributed by atoms with Gasteiger partial charge >= 0.3 is 0 Å². The molecule has 1 saturated heterocycles. The quantitative estimate of drug-likeness (QED) is 0.764. The summed E-state index contributed by atoms with van der Waals surface area (Å²) in [4.78, 5) is 0. The second-order valence-electron chi connectivity index (χ2n) is 10.3. The lowest BCUT2D eigenvalue weighted by molar-refractivity contribution is -0.209. The summed E-state index contributed by atoms with van der Waals surface area (Å²) in [5.74, 6) is 4.78. The number of aliphatic hydroxyl groups is 1. The van der Waals surface area contributed by atoms with Crippen LogP contribution in [-0.2, 0) is 9.47 Å². The molecule has 5 fully saturated rings. The zero-order valence-corrected chi connectivity index (χ0v) is 16.1. The number of ether oxygens (including phenoxy) is 2. The molecular formula is C22H36O3.